The normalized spacial score (nSPS) is 20.0. The number of pyridine rings is 1. The van der Waals surface area contributed by atoms with Gasteiger partial charge in [-0.05, 0) is 36.2 Å². The Morgan fingerprint density at radius 2 is 1.96 bits per heavy atom. The first kappa shape index (κ1) is 18.5. The first-order valence-corrected chi connectivity index (χ1v) is 9.87. The SMILES string of the molecule is Cc1cccc(N2CCN(C(=O)C3CC(=O)N(Cc4cccnc4)C3)CC2)c1. The van der Waals surface area contributed by atoms with E-state index in [1.54, 1.807) is 17.3 Å². The quantitative estimate of drug-likeness (QED) is 0.818. The second-order valence-electron chi connectivity index (χ2n) is 7.69. The molecule has 2 fully saturated rings. The van der Waals surface area contributed by atoms with Gasteiger partial charge in [-0.1, -0.05) is 18.2 Å². The Kier molecular flexibility index (Phi) is 5.28. The van der Waals surface area contributed by atoms with E-state index in [0.717, 1.165) is 18.7 Å². The summed E-state index contributed by atoms with van der Waals surface area (Å²) in [5.74, 6) is -0.0544. The van der Waals surface area contributed by atoms with Gasteiger partial charge in [0, 0.05) is 63.8 Å². The van der Waals surface area contributed by atoms with Crippen LogP contribution >= 0.6 is 0 Å². The van der Waals surface area contributed by atoms with E-state index in [1.165, 1.54) is 11.3 Å². The average molecular weight is 378 g/mol. The van der Waals surface area contributed by atoms with Crippen LogP contribution in [0.5, 0.6) is 0 Å². The van der Waals surface area contributed by atoms with Crippen LogP contribution < -0.4 is 4.90 Å². The van der Waals surface area contributed by atoms with Crippen LogP contribution in [0.2, 0.25) is 0 Å². The highest BCUT2D eigenvalue weighted by molar-refractivity contribution is 5.89. The number of anilines is 1. The molecule has 2 saturated heterocycles. The van der Waals surface area contributed by atoms with E-state index in [0.29, 0.717) is 32.6 Å². The molecule has 3 heterocycles. The Morgan fingerprint density at radius 3 is 2.68 bits per heavy atom. The van der Waals surface area contributed by atoms with Crippen molar-refractivity contribution in [2.24, 2.45) is 5.92 Å². The molecular weight excluding hydrogens is 352 g/mol. The molecule has 2 aliphatic heterocycles. The minimum Gasteiger partial charge on any atom is -0.368 e. The van der Waals surface area contributed by atoms with Crippen LogP contribution in [0, 0.1) is 12.8 Å². The molecule has 6 nitrogen and oxygen atoms in total. The Bertz CT molecular complexity index is 847. The van der Waals surface area contributed by atoms with Gasteiger partial charge in [0.1, 0.15) is 0 Å². The summed E-state index contributed by atoms with van der Waals surface area (Å²) >= 11 is 0. The molecule has 0 radical (unpaired) electrons. The minimum atomic E-state index is -0.227. The lowest BCUT2D eigenvalue weighted by Gasteiger charge is -2.37. The number of piperazine rings is 1. The second-order valence-corrected chi connectivity index (χ2v) is 7.69. The number of hydrogen-bond acceptors (Lipinski definition) is 4. The van der Waals surface area contributed by atoms with E-state index in [4.69, 9.17) is 0 Å². The summed E-state index contributed by atoms with van der Waals surface area (Å²) in [5.41, 5.74) is 3.45. The molecule has 2 aromatic rings. The Morgan fingerprint density at radius 1 is 1.14 bits per heavy atom. The van der Waals surface area contributed by atoms with Crippen molar-refractivity contribution < 1.29 is 9.59 Å². The molecule has 0 N–H and O–H groups in total. The maximum absolute atomic E-state index is 13.0. The van der Waals surface area contributed by atoms with Crippen molar-refractivity contribution in [1.82, 2.24) is 14.8 Å². The summed E-state index contributed by atoms with van der Waals surface area (Å²) in [6, 6.07) is 12.3. The molecule has 1 atom stereocenters. The van der Waals surface area contributed by atoms with Gasteiger partial charge in [0.05, 0.1) is 5.92 Å². The number of rotatable bonds is 4. The molecule has 1 aromatic heterocycles. The van der Waals surface area contributed by atoms with Gasteiger partial charge in [-0.2, -0.15) is 0 Å². The molecule has 6 heteroatoms. The van der Waals surface area contributed by atoms with E-state index >= 15 is 0 Å². The van der Waals surface area contributed by atoms with Crippen molar-refractivity contribution >= 4 is 17.5 Å². The van der Waals surface area contributed by atoms with Gasteiger partial charge in [0.25, 0.3) is 0 Å². The first-order chi connectivity index (χ1) is 13.6. The molecule has 28 heavy (non-hydrogen) atoms. The first-order valence-electron chi connectivity index (χ1n) is 9.87. The summed E-state index contributed by atoms with van der Waals surface area (Å²) in [4.78, 5) is 35.5. The van der Waals surface area contributed by atoms with Gasteiger partial charge >= 0.3 is 0 Å². The number of carbonyl (C=O) groups is 2. The third-order valence-corrected chi connectivity index (χ3v) is 5.62. The highest BCUT2D eigenvalue weighted by atomic mass is 16.2. The molecule has 0 saturated carbocycles. The molecule has 4 rings (SSSR count). The zero-order chi connectivity index (χ0) is 19.5. The molecule has 1 unspecified atom stereocenters. The van der Waals surface area contributed by atoms with Crippen molar-refractivity contribution in [3.05, 3.63) is 59.9 Å². The lowest BCUT2D eigenvalue weighted by molar-refractivity contribution is -0.136. The number of amides is 2. The van der Waals surface area contributed by atoms with Crippen LogP contribution in [0.4, 0.5) is 5.69 Å². The number of hydrogen-bond donors (Lipinski definition) is 0. The van der Waals surface area contributed by atoms with E-state index < -0.39 is 0 Å². The van der Waals surface area contributed by atoms with Gasteiger partial charge < -0.3 is 14.7 Å². The summed E-state index contributed by atoms with van der Waals surface area (Å²) < 4.78 is 0. The van der Waals surface area contributed by atoms with Gasteiger partial charge in [0.2, 0.25) is 11.8 Å². The minimum absolute atomic E-state index is 0.0561. The number of aromatic nitrogens is 1. The molecular formula is C22H26N4O2. The van der Waals surface area contributed by atoms with Gasteiger partial charge in [0.15, 0.2) is 0 Å². The van der Waals surface area contributed by atoms with Crippen LogP contribution in [-0.2, 0) is 16.1 Å². The molecule has 0 spiro atoms. The highest BCUT2D eigenvalue weighted by Crippen LogP contribution is 2.24. The molecule has 0 bridgehead atoms. The van der Waals surface area contributed by atoms with Crippen LogP contribution in [0.25, 0.3) is 0 Å². The lowest BCUT2D eigenvalue weighted by Crippen LogP contribution is -2.50. The summed E-state index contributed by atoms with van der Waals surface area (Å²) in [6.45, 7) is 6.20. The van der Waals surface area contributed by atoms with Crippen LogP contribution in [0.3, 0.4) is 0 Å². The number of carbonyl (C=O) groups excluding carboxylic acids is 2. The zero-order valence-corrected chi connectivity index (χ0v) is 16.3. The van der Waals surface area contributed by atoms with E-state index in [2.05, 4.69) is 41.1 Å². The van der Waals surface area contributed by atoms with Gasteiger partial charge in [-0.25, -0.2) is 0 Å². The fourth-order valence-electron chi connectivity index (χ4n) is 4.07. The van der Waals surface area contributed by atoms with Crippen molar-refractivity contribution in [1.29, 1.82) is 0 Å². The summed E-state index contributed by atoms with van der Waals surface area (Å²) in [5, 5.41) is 0. The largest absolute Gasteiger partial charge is 0.368 e. The molecule has 1 aromatic carbocycles. The third-order valence-electron chi connectivity index (χ3n) is 5.62. The monoisotopic (exact) mass is 378 g/mol. The molecule has 2 aliphatic rings. The van der Waals surface area contributed by atoms with Crippen LogP contribution in [0.15, 0.2) is 48.8 Å². The Labute approximate surface area is 165 Å². The van der Waals surface area contributed by atoms with E-state index in [1.807, 2.05) is 17.0 Å². The molecule has 0 aliphatic carbocycles. The van der Waals surface area contributed by atoms with E-state index in [9.17, 15) is 9.59 Å². The van der Waals surface area contributed by atoms with E-state index in [-0.39, 0.29) is 17.7 Å². The highest BCUT2D eigenvalue weighted by Gasteiger charge is 2.37. The number of likely N-dealkylation sites (tertiary alicyclic amines) is 1. The topological polar surface area (TPSA) is 56.8 Å². The van der Waals surface area contributed by atoms with Crippen molar-refractivity contribution in [2.75, 3.05) is 37.6 Å². The fourth-order valence-corrected chi connectivity index (χ4v) is 4.07. The van der Waals surface area contributed by atoms with Crippen molar-refractivity contribution in [2.45, 2.75) is 19.9 Å². The number of nitrogens with zero attached hydrogens (tertiary/aromatic N) is 4. The smallest absolute Gasteiger partial charge is 0.228 e. The molecule has 146 valence electrons. The number of aryl methyl sites for hydroxylation is 1. The van der Waals surface area contributed by atoms with Crippen molar-refractivity contribution in [3.8, 4) is 0 Å². The summed E-state index contributed by atoms with van der Waals surface area (Å²) in [6.07, 6.45) is 3.81. The van der Waals surface area contributed by atoms with Crippen LogP contribution in [0.1, 0.15) is 17.5 Å². The maximum atomic E-state index is 13.0. The average Bonchev–Trinajstić information content (AvgIpc) is 3.08. The Hall–Kier alpha value is -2.89. The lowest BCUT2D eigenvalue weighted by atomic mass is 10.1. The standard InChI is InChI=1S/C22H26N4O2/c1-17-4-2-6-20(12-17)24-8-10-25(11-9-24)22(28)19-13-21(27)26(16-19)15-18-5-3-7-23-14-18/h2-7,12,14,19H,8-11,13,15-16H2,1H3. The van der Waals surface area contributed by atoms with Crippen molar-refractivity contribution in [3.63, 3.8) is 0 Å². The number of benzene rings is 1. The third kappa shape index (κ3) is 4.01. The van der Waals surface area contributed by atoms with Gasteiger partial charge in [-0.15, -0.1) is 0 Å². The predicted molar refractivity (Wildman–Crippen MR) is 108 cm³/mol. The van der Waals surface area contributed by atoms with Crippen LogP contribution in [-0.4, -0.2) is 59.3 Å². The van der Waals surface area contributed by atoms with Gasteiger partial charge in [-0.3, -0.25) is 14.6 Å². The second kappa shape index (κ2) is 8.00. The summed E-state index contributed by atoms with van der Waals surface area (Å²) in [7, 11) is 0. The fraction of sp³-hybridized carbons (Fsp3) is 0.409. The molecule has 2 amide bonds. The zero-order valence-electron chi connectivity index (χ0n) is 16.3. The maximum Gasteiger partial charge on any atom is 0.228 e. The Balaban J connectivity index is 1.32. The predicted octanol–water partition coefficient (Wildman–Crippen LogP) is 2.09.